The lowest BCUT2D eigenvalue weighted by molar-refractivity contribution is 0.0696. The molecule has 1 fully saturated rings. The molecule has 21 heavy (non-hydrogen) atoms. The first-order chi connectivity index (χ1) is 9.61. The number of sulfone groups is 1. The fourth-order valence-corrected chi connectivity index (χ4v) is 6.07. The van der Waals surface area contributed by atoms with Crippen LogP contribution in [-0.4, -0.2) is 44.7 Å². The summed E-state index contributed by atoms with van der Waals surface area (Å²) in [6.45, 7) is 0. The Labute approximate surface area is 120 Å². The highest BCUT2D eigenvalue weighted by atomic mass is 32.2. The third-order valence-electron chi connectivity index (χ3n) is 3.10. The van der Waals surface area contributed by atoms with Crippen molar-refractivity contribution in [3.63, 3.8) is 0 Å². The lowest BCUT2D eigenvalue weighted by Gasteiger charge is -2.13. The van der Waals surface area contributed by atoms with Crippen molar-refractivity contribution in [2.24, 2.45) is 0 Å². The molecule has 0 aliphatic carbocycles. The summed E-state index contributed by atoms with van der Waals surface area (Å²) in [4.78, 5) is 10.7. The van der Waals surface area contributed by atoms with Crippen molar-refractivity contribution < 1.29 is 31.1 Å². The molecule has 7 nitrogen and oxygen atoms in total. The van der Waals surface area contributed by atoms with Gasteiger partial charge in [0.05, 0.1) is 28.0 Å². The molecule has 0 aromatic heterocycles. The quantitative estimate of drug-likeness (QED) is 0.824. The van der Waals surface area contributed by atoms with E-state index in [1.165, 1.54) is 0 Å². The number of aromatic carboxylic acids is 1. The molecule has 0 saturated carbocycles. The molecular weight excluding hydrogens is 325 g/mol. The maximum absolute atomic E-state index is 13.7. The number of rotatable bonds is 4. The van der Waals surface area contributed by atoms with Crippen molar-refractivity contribution in [2.45, 2.75) is 11.7 Å². The summed E-state index contributed by atoms with van der Waals surface area (Å²) in [6, 6.07) is 2.72. The first kappa shape index (κ1) is 15.7. The lowest BCUT2D eigenvalue weighted by atomic mass is 10.2. The summed E-state index contributed by atoms with van der Waals surface area (Å²) in [5.74, 6) is -3.11. The van der Waals surface area contributed by atoms with Gasteiger partial charge in [0.2, 0.25) is 10.0 Å². The van der Waals surface area contributed by atoms with Crippen LogP contribution in [0.1, 0.15) is 16.8 Å². The van der Waals surface area contributed by atoms with Crippen molar-refractivity contribution >= 4 is 31.5 Å². The van der Waals surface area contributed by atoms with Crippen LogP contribution in [0.4, 0.5) is 10.1 Å². The summed E-state index contributed by atoms with van der Waals surface area (Å²) >= 11 is 0. The number of carbonyl (C=O) groups is 1. The molecule has 2 N–H and O–H groups in total. The average Bonchev–Trinajstić information content (AvgIpc) is 2.72. The third kappa shape index (κ3) is 3.50. The zero-order valence-electron chi connectivity index (χ0n) is 10.6. The molecule has 2 rings (SSSR count). The van der Waals surface area contributed by atoms with E-state index in [0.29, 0.717) is 6.07 Å². The van der Waals surface area contributed by atoms with Gasteiger partial charge in [-0.2, -0.15) is 0 Å². The Morgan fingerprint density at radius 2 is 2.05 bits per heavy atom. The highest BCUT2D eigenvalue weighted by molar-refractivity contribution is 7.97. The predicted molar refractivity (Wildman–Crippen MR) is 73.0 cm³/mol. The minimum Gasteiger partial charge on any atom is -0.478 e. The standard InChI is InChI=1S/C11H12FNO6S2/c12-9-5-7(11(14)15)1-2-10(9)13-21(18,19)8-3-4-20(16,17)6-8/h1-2,5,8,13H,3-4,6H2,(H,14,15). The van der Waals surface area contributed by atoms with Crippen LogP contribution in [0.3, 0.4) is 0 Å². The Hall–Kier alpha value is -1.68. The molecule has 1 unspecified atom stereocenters. The van der Waals surface area contributed by atoms with Crippen molar-refractivity contribution in [3.05, 3.63) is 29.6 Å². The number of anilines is 1. The first-order valence-electron chi connectivity index (χ1n) is 5.86. The van der Waals surface area contributed by atoms with Gasteiger partial charge in [-0.1, -0.05) is 0 Å². The predicted octanol–water partition coefficient (Wildman–Crippen LogP) is 0.453. The van der Waals surface area contributed by atoms with E-state index in [2.05, 4.69) is 0 Å². The van der Waals surface area contributed by atoms with Crippen LogP contribution in [0.5, 0.6) is 0 Å². The molecule has 116 valence electrons. The Morgan fingerprint density at radius 1 is 1.38 bits per heavy atom. The van der Waals surface area contributed by atoms with Crippen LogP contribution in [0, 0.1) is 5.82 Å². The van der Waals surface area contributed by atoms with E-state index in [4.69, 9.17) is 5.11 Å². The number of hydrogen-bond acceptors (Lipinski definition) is 5. The van der Waals surface area contributed by atoms with E-state index in [1.807, 2.05) is 4.72 Å². The molecule has 1 heterocycles. The molecule has 1 atom stereocenters. The second kappa shape index (κ2) is 5.26. The minimum atomic E-state index is -4.06. The van der Waals surface area contributed by atoms with E-state index in [0.717, 1.165) is 12.1 Å². The Morgan fingerprint density at radius 3 is 2.52 bits per heavy atom. The van der Waals surface area contributed by atoms with Crippen LogP contribution in [0.15, 0.2) is 18.2 Å². The first-order valence-corrected chi connectivity index (χ1v) is 9.22. The van der Waals surface area contributed by atoms with Crippen LogP contribution < -0.4 is 4.72 Å². The van der Waals surface area contributed by atoms with Crippen molar-refractivity contribution in [3.8, 4) is 0 Å². The number of sulfonamides is 1. The van der Waals surface area contributed by atoms with Gasteiger partial charge in [-0.25, -0.2) is 26.0 Å². The molecule has 1 aliphatic heterocycles. The maximum Gasteiger partial charge on any atom is 0.335 e. The molecule has 0 bridgehead atoms. The summed E-state index contributed by atoms with van der Waals surface area (Å²) in [7, 11) is -7.45. The number of carboxylic acid groups (broad SMARTS) is 1. The van der Waals surface area contributed by atoms with E-state index < -0.39 is 48.3 Å². The van der Waals surface area contributed by atoms with Crippen molar-refractivity contribution in [1.29, 1.82) is 0 Å². The topological polar surface area (TPSA) is 118 Å². The van der Waals surface area contributed by atoms with Gasteiger partial charge in [-0.05, 0) is 24.6 Å². The smallest absolute Gasteiger partial charge is 0.335 e. The Kier molecular flexibility index (Phi) is 3.93. The Balaban J connectivity index is 2.23. The summed E-state index contributed by atoms with van der Waals surface area (Å²) in [5, 5.41) is 7.55. The second-order valence-corrected chi connectivity index (χ2v) is 8.86. The van der Waals surface area contributed by atoms with Gasteiger partial charge in [0, 0.05) is 0 Å². The summed E-state index contributed by atoms with van der Waals surface area (Å²) in [6.07, 6.45) is -0.0491. The van der Waals surface area contributed by atoms with Gasteiger partial charge in [0.1, 0.15) is 5.82 Å². The highest BCUT2D eigenvalue weighted by Gasteiger charge is 2.37. The second-order valence-electron chi connectivity index (χ2n) is 4.67. The normalized spacial score (nSPS) is 21.1. The minimum absolute atomic E-state index is 0.0491. The zero-order valence-corrected chi connectivity index (χ0v) is 12.2. The van der Waals surface area contributed by atoms with Crippen LogP contribution in [0.2, 0.25) is 0 Å². The van der Waals surface area contributed by atoms with Crippen molar-refractivity contribution in [2.75, 3.05) is 16.2 Å². The highest BCUT2D eigenvalue weighted by Crippen LogP contribution is 2.23. The fourth-order valence-electron chi connectivity index (χ4n) is 1.97. The van der Waals surface area contributed by atoms with Gasteiger partial charge < -0.3 is 5.11 Å². The number of nitrogens with one attached hydrogen (secondary N) is 1. The van der Waals surface area contributed by atoms with Gasteiger partial charge in [-0.3, -0.25) is 4.72 Å². The fraction of sp³-hybridized carbons (Fsp3) is 0.364. The molecule has 1 aromatic rings. The number of halogens is 1. The van der Waals surface area contributed by atoms with Gasteiger partial charge in [0.15, 0.2) is 9.84 Å². The van der Waals surface area contributed by atoms with Crippen LogP contribution in [0.25, 0.3) is 0 Å². The summed E-state index contributed by atoms with van der Waals surface area (Å²) in [5.41, 5.74) is -0.733. The van der Waals surface area contributed by atoms with Crippen LogP contribution >= 0.6 is 0 Å². The molecule has 0 radical (unpaired) electrons. The monoisotopic (exact) mass is 337 g/mol. The molecule has 0 amide bonds. The molecule has 1 aromatic carbocycles. The summed E-state index contributed by atoms with van der Waals surface area (Å²) < 4.78 is 62.2. The van der Waals surface area contributed by atoms with E-state index in [-0.39, 0.29) is 17.7 Å². The van der Waals surface area contributed by atoms with Crippen LogP contribution in [-0.2, 0) is 19.9 Å². The molecular formula is C11H12FNO6S2. The van der Waals surface area contributed by atoms with E-state index >= 15 is 0 Å². The van der Waals surface area contributed by atoms with E-state index in [1.54, 1.807) is 0 Å². The average molecular weight is 337 g/mol. The third-order valence-corrected chi connectivity index (χ3v) is 6.86. The van der Waals surface area contributed by atoms with Crippen molar-refractivity contribution in [1.82, 2.24) is 0 Å². The largest absolute Gasteiger partial charge is 0.478 e. The van der Waals surface area contributed by atoms with Gasteiger partial charge in [-0.15, -0.1) is 0 Å². The maximum atomic E-state index is 13.7. The van der Waals surface area contributed by atoms with Gasteiger partial charge in [0.25, 0.3) is 0 Å². The number of hydrogen-bond donors (Lipinski definition) is 2. The SMILES string of the molecule is O=C(O)c1ccc(NS(=O)(=O)C2CCS(=O)(=O)C2)c(F)c1. The van der Waals surface area contributed by atoms with Gasteiger partial charge >= 0.3 is 5.97 Å². The number of carboxylic acids is 1. The Bertz CT molecular complexity index is 787. The van der Waals surface area contributed by atoms with E-state index in [9.17, 15) is 26.0 Å². The molecule has 1 saturated heterocycles. The molecule has 1 aliphatic rings. The number of benzene rings is 1. The lowest BCUT2D eigenvalue weighted by Crippen LogP contribution is -2.29. The molecule has 10 heteroatoms. The molecule has 0 spiro atoms. The zero-order chi connectivity index (χ0) is 15.8.